The van der Waals surface area contributed by atoms with Crippen molar-refractivity contribution in [2.75, 3.05) is 36.3 Å². The molecule has 0 saturated carbocycles. The number of rotatable bonds is 6. The van der Waals surface area contributed by atoms with Gasteiger partial charge in [-0.25, -0.2) is 9.18 Å². The third-order valence-corrected chi connectivity index (χ3v) is 3.86. The van der Waals surface area contributed by atoms with Crippen molar-refractivity contribution in [3.05, 3.63) is 29.7 Å². The van der Waals surface area contributed by atoms with Crippen molar-refractivity contribution in [2.24, 2.45) is 0 Å². The zero-order chi connectivity index (χ0) is 19.4. The van der Waals surface area contributed by atoms with Crippen LogP contribution < -0.4 is 20.7 Å². The molecule has 0 bridgehead atoms. The van der Waals surface area contributed by atoms with Gasteiger partial charge in [-0.1, -0.05) is 0 Å². The van der Waals surface area contributed by atoms with Crippen LogP contribution in [0.25, 0.3) is 0 Å². The summed E-state index contributed by atoms with van der Waals surface area (Å²) in [6, 6.07) is 1.77. The summed E-state index contributed by atoms with van der Waals surface area (Å²) in [5.41, 5.74) is 0.930. The number of benzene rings is 1. The lowest BCUT2D eigenvalue weighted by Gasteiger charge is -2.19. The van der Waals surface area contributed by atoms with Crippen molar-refractivity contribution in [3.8, 4) is 5.75 Å². The lowest BCUT2D eigenvalue weighted by Crippen LogP contribution is -2.26. The van der Waals surface area contributed by atoms with Gasteiger partial charge in [-0.3, -0.25) is 14.8 Å². The van der Waals surface area contributed by atoms with Crippen molar-refractivity contribution in [2.45, 2.75) is 19.9 Å². The number of nitrogens with one attached hydrogen (secondary N) is 3. The van der Waals surface area contributed by atoms with Gasteiger partial charge < -0.3 is 20.1 Å². The number of hydrogen-bond donors (Lipinski definition) is 3. The molecule has 1 aliphatic rings. The van der Waals surface area contributed by atoms with Crippen molar-refractivity contribution >= 4 is 29.1 Å². The summed E-state index contributed by atoms with van der Waals surface area (Å²) in [5.74, 6) is -0.398. The number of amides is 3. The molecule has 1 aromatic carbocycles. The molecule has 10 heteroatoms. The molecule has 0 unspecified atom stereocenters. The highest BCUT2D eigenvalue weighted by Gasteiger charge is 2.20. The molecular weight excluding hydrogens is 357 g/mol. The molecule has 0 spiro atoms. The number of anilines is 3. The van der Waals surface area contributed by atoms with Crippen LogP contribution in [0.2, 0.25) is 0 Å². The molecular formula is C17H20FN5O4. The SMILES string of the molecule is COCCCn1cc(C)c(NC(=O)Nc2cc3c(cc2F)NC(=O)CO3)n1. The molecule has 0 saturated heterocycles. The average Bonchev–Trinajstić information content (AvgIpc) is 2.95. The molecule has 2 heterocycles. The number of ether oxygens (including phenoxy) is 2. The average molecular weight is 377 g/mol. The minimum Gasteiger partial charge on any atom is -0.481 e. The molecule has 0 radical (unpaired) electrons. The monoisotopic (exact) mass is 377 g/mol. The summed E-state index contributed by atoms with van der Waals surface area (Å²) in [6.45, 7) is 2.91. The number of aryl methyl sites for hydroxylation is 2. The molecule has 3 rings (SSSR count). The molecule has 1 aromatic heterocycles. The molecule has 3 N–H and O–H groups in total. The zero-order valence-electron chi connectivity index (χ0n) is 15.0. The Hall–Kier alpha value is -3.14. The summed E-state index contributed by atoms with van der Waals surface area (Å²) < 4.78 is 26.1. The number of fused-ring (bicyclic) bond motifs is 1. The smallest absolute Gasteiger partial charge is 0.324 e. The predicted octanol–water partition coefficient (Wildman–Crippen LogP) is 2.34. The van der Waals surface area contributed by atoms with E-state index in [2.05, 4.69) is 21.0 Å². The van der Waals surface area contributed by atoms with E-state index >= 15 is 0 Å². The lowest BCUT2D eigenvalue weighted by molar-refractivity contribution is -0.118. The quantitative estimate of drug-likeness (QED) is 0.670. The summed E-state index contributed by atoms with van der Waals surface area (Å²) in [4.78, 5) is 23.5. The van der Waals surface area contributed by atoms with E-state index in [1.165, 1.54) is 6.07 Å². The zero-order valence-corrected chi connectivity index (χ0v) is 15.0. The van der Waals surface area contributed by atoms with E-state index in [1.807, 2.05) is 6.92 Å². The highest BCUT2D eigenvalue weighted by atomic mass is 19.1. The van der Waals surface area contributed by atoms with Gasteiger partial charge in [0.15, 0.2) is 12.4 Å². The summed E-state index contributed by atoms with van der Waals surface area (Å²) in [5, 5.41) is 11.8. The maximum absolute atomic E-state index is 14.2. The Bertz CT molecular complexity index is 867. The van der Waals surface area contributed by atoms with Crippen LogP contribution in [0, 0.1) is 12.7 Å². The number of nitrogens with zero attached hydrogens (tertiary/aromatic N) is 2. The third-order valence-electron chi connectivity index (χ3n) is 3.86. The molecule has 0 fully saturated rings. The van der Waals surface area contributed by atoms with Crippen LogP contribution in [-0.4, -0.2) is 42.0 Å². The van der Waals surface area contributed by atoms with Crippen LogP contribution in [0.4, 0.5) is 26.4 Å². The Morgan fingerprint density at radius 3 is 3.04 bits per heavy atom. The van der Waals surface area contributed by atoms with Crippen LogP contribution >= 0.6 is 0 Å². The summed E-state index contributed by atoms with van der Waals surface area (Å²) >= 11 is 0. The second kappa shape index (κ2) is 8.04. The fourth-order valence-electron chi connectivity index (χ4n) is 2.59. The van der Waals surface area contributed by atoms with Gasteiger partial charge in [-0.05, 0) is 13.3 Å². The predicted molar refractivity (Wildman–Crippen MR) is 96.6 cm³/mol. The van der Waals surface area contributed by atoms with Crippen LogP contribution in [0.1, 0.15) is 12.0 Å². The van der Waals surface area contributed by atoms with E-state index in [9.17, 15) is 14.0 Å². The fourth-order valence-corrected chi connectivity index (χ4v) is 2.59. The highest BCUT2D eigenvalue weighted by molar-refractivity contribution is 6.01. The number of halogens is 1. The maximum Gasteiger partial charge on any atom is 0.324 e. The Balaban J connectivity index is 1.65. The van der Waals surface area contributed by atoms with Gasteiger partial charge in [0.2, 0.25) is 0 Å². The fraction of sp³-hybridized carbons (Fsp3) is 0.353. The topological polar surface area (TPSA) is 107 Å². The van der Waals surface area contributed by atoms with E-state index < -0.39 is 11.8 Å². The van der Waals surface area contributed by atoms with Crippen LogP contribution in [0.3, 0.4) is 0 Å². The van der Waals surface area contributed by atoms with E-state index in [-0.39, 0.29) is 29.6 Å². The summed E-state index contributed by atoms with van der Waals surface area (Å²) in [6.07, 6.45) is 2.60. The molecule has 0 aliphatic carbocycles. The number of carbonyl (C=O) groups excluding carboxylic acids is 2. The number of carbonyl (C=O) groups is 2. The van der Waals surface area contributed by atoms with Crippen molar-refractivity contribution in [1.82, 2.24) is 9.78 Å². The van der Waals surface area contributed by atoms with Crippen molar-refractivity contribution in [3.63, 3.8) is 0 Å². The number of urea groups is 1. The van der Waals surface area contributed by atoms with Crippen LogP contribution in [0.5, 0.6) is 5.75 Å². The van der Waals surface area contributed by atoms with Gasteiger partial charge in [-0.2, -0.15) is 5.10 Å². The minimum absolute atomic E-state index is 0.0698. The van der Waals surface area contributed by atoms with Crippen molar-refractivity contribution < 1.29 is 23.5 Å². The Labute approximate surface area is 154 Å². The van der Waals surface area contributed by atoms with E-state index in [0.29, 0.717) is 19.0 Å². The second-order valence-electron chi connectivity index (χ2n) is 6.01. The van der Waals surface area contributed by atoms with Gasteiger partial charge in [0.1, 0.15) is 11.6 Å². The molecule has 1 aliphatic heterocycles. The van der Waals surface area contributed by atoms with E-state index in [0.717, 1.165) is 18.1 Å². The van der Waals surface area contributed by atoms with E-state index in [4.69, 9.17) is 9.47 Å². The highest BCUT2D eigenvalue weighted by Crippen LogP contribution is 2.33. The van der Waals surface area contributed by atoms with Crippen molar-refractivity contribution in [1.29, 1.82) is 0 Å². The van der Waals surface area contributed by atoms with Gasteiger partial charge in [0, 0.05) is 44.2 Å². The molecule has 3 amide bonds. The molecule has 27 heavy (non-hydrogen) atoms. The first-order chi connectivity index (χ1) is 13.0. The van der Waals surface area contributed by atoms with Crippen LogP contribution in [-0.2, 0) is 16.1 Å². The van der Waals surface area contributed by atoms with Gasteiger partial charge in [0.05, 0.1) is 11.4 Å². The number of aromatic nitrogens is 2. The second-order valence-corrected chi connectivity index (χ2v) is 6.01. The number of methoxy groups -OCH3 is 1. The minimum atomic E-state index is -0.698. The lowest BCUT2D eigenvalue weighted by atomic mass is 10.2. The van der Waals surface area contributed by atoms with Gasteiger partial charge >= 0.3 is 6.03 Å². The Morgan fingerprint density at radius 2 is 2.26 bits per heavy atom. The van der Waals surface area contributed by atoms with Gasteiger partial charge in [0.25, 0.3) is 5.91 Å². The normalized spacial score (nSPS) is 12.8. The first-order valence-corrected chi connectivity index (χ1v) is 8.33. The Kier molecular flexibility index (Phi) is 5.55. The standard InChI is InChI=1S/C17H20FN5O4/c1-10-8-23(4-3-5-26-2)22-16(10)21-17(25)20-12-7-14-13(6-11(12)18)19-15(24)9-27-14/h6-8H,3-5,9H2,1-2H3,(H,19,24)(H2,20,21,22,25). The summed E-state index contributed by atoms with van der Waals surface area (Å²) in [7, 11) is 1.63. The number of hydrogen-bond acceptors (Lipinski definition) is 5. The maximum atomic E-state index is 14.2. The first kappa shape index (κ1) is 18.6. The largest absolute Gasteiger partial charge is 0.481 e. The van der Waals surface area contributed by atoms with Crippen LogP contribution in [0.15, 0.2) is 18.3 Å². The van der Waals surface area contributed by atoms with E-state index in [1.54, 1.807) is 18.0 Å². The molecule has 9 nitrogen and oxygen atoms in total. The molecule has 2 aromatic rings. The van der Waals surface area contributed by atoms with Gasteiger partial charge in [-0.15, -0.1) is 0 Å². The Morgan fingerprint density at radius 1 is 1.44 bits per heavy atom. The molecule has 144 valence electrons. The third kappa shape index (κ3) is 4.53. The molecule has 0 atom stereocenters. The first-order valence-electron chi connectivity index (χ1n) is 8.33.